The zero-order valence-corrected chi connectivity index (χ0v) is 17.7. The van der Waals surface area contributed by atoms with Crippen LogP contribution in [0.5, 0.6) is 11.5 Å². The predicted molar refractivity (Wildman–Crippen MR) is 125 cm³/mol. The summed E-state index contributed by atoms with van der Waals surface area (Å²) in [6, 6.07) is 21.6. The number of para-hydroxylation sites is 1. The Morgan fingerprint density at radius 1 is 0.967 bits per heavy atom. The lowest BCUT2D eigenvalue weighted by molar-refractivity contribution is 0.0956. The average Bonchev–Trinajstić information content (AvgIpc) is 2.77. The fourth-order valence-electron chi connectivity index (χ4n) is 3.01. The Labute approximate surface area is 186 Å². The van der Waals surface area contributed by atoms with E-state index in [2.05, 4.69) is 15.5 Å². The van der Waals surface area contributed by atoms with Gasteiger partial charge in [-0.25, -0.2) is 10.4 Å². The van der Waals surface area contributed by atoms with Crippen LogP contribution in [-0.4, -0.2) is 27.3 Å². The molecule has 3 aromatic carbocycles. The number of fused-ring (bicyclic) bond motifs is 1. The number of phenolic OH excluding ortho intramolecular Hbond substituents is 2. The highest BCUT2D eigenvalue weighted by molar-refractivity contribution is 14.1. The zero-order valence-electron chi connectivity index (χ0n) is 15.6. The van der Waals surface area contributed by atoms with Gasteiger partial charge in [-0.2, -0.15) is 5.10 Å². The highest BCUT2D eigenvalue weighted by Gasteiger charge is 2.13. The molecule has 7 heteroatoms. The van der Waals surface area contributed by atoms with Crippen LogP contribution in [0.4, 0.5) is 0 Å². The first kappa shape index (κ1) is 19.8. The Morgan fingerprint density at radius 2 is 1.70 bits per heavy atom. The van der Waals surface area contributed by atoms with E-state index in [0.717, 1.165) is 5.56 Å². The van der Waals surface area contributed by atoms with Gasteiger partial charge in [-0.3, -0.25) is 4.79 Å². The Bertz CT molecular complexity index is 1270. The van der Waals surface area contributed by atoms with E-state index in [4.69, 9.17) is 0 Å². The fourth-order valence-corrected chi connectivity index (χ4v) is 3.50. The lowest BCUT2D eigenvalue weighted by Crippen LogP contribution is -2.18. The second-order valence-electron chi connectivity index (χ2n) is 6.50. The van der Waals surface area contributed by atoms with Gasteiger partial charge in [0.25, 0.3) is 5.91 Å². The van der Waals surface area contributed by atoms with Crippen LogP contribution in [0.3, 0.4) is 0 Å². The molecule has 4 rings (SSSR count). The van der Waals surface area contributed by atoms with Crippen LogP contribution < -0.4 is 5.43 Å². The van der Waals surface area contributed by atoms with Crippen LogP contribution in [-0.2, 0) is 0 Å². The molecule has 0 saturated carbocycles. The number of hydrogen-bond acceptors (Lipinski definition) is 5. The van der Waals surface area contributed by atoms with E-state index < -0.39 is 5.91 Å². The van der Waals surface area contributed by atoms with Crippen LogP contribution in [0, 0.1) is 3.57 Å². The van der Waals surface area contributed by atoms with Crippen molar-refractivity contribution in [2.75, 3.05) is 0 Å². The summed E-state index contributed by atoms with van der Waals surface area (Å²) in [5, 5.41) is 24.2. The van der Waals surface area contributed by atoms with Crippen molar-refractivity contribution in [1.82, 2.24) is 10.4 Å². The van der Waals surface area contributed by atoms with Gasteiger partial charge >= 0.3 is 0 Å². The van der Waals surface area contributed by atoms with Crippen molar-refractivity contribution < 1.29 is 15.0 Å². The molecule has 0 fully saturated rings. The van der Waals surface area contributed by atoms with Gasteiger partial charge in [0, 0.05) is 22.6 Å². The van der Waals surface area contributed by atoms with Crippen LogP contribution in [0.15, 0.2) is 77.9 Å². The summed E-state index contributed by atoms with van der Waals surface area (Å²) in [5.74, 6) is -0.549. The number of halogens is 1. The molecule has 30 heavy (non-hydrogen) atoms. The van der Waals surface area contributed by atoms with E-state index in [1.54, 1.807) is 12.1 Å². The molecule has 1 aromatic heterocycles. The summed E-state index contributed by atoms with van der Waals surface area (Å²) >= 11 is 1.94. The normalized spacial score (nSPS) is 11.1. The standard InChI is InChI=1S/C23H16IN3O3/c24-18-10-15(21(28)12-22(18)29)13-25-27-23(30)17-11-20(14-6-2-1-3-7-14)26-19-9-5-4-8-16(17)19/h1-13,28-29H,(H,27,30)/b25-13+. The van der Waals surface area contributed by atoms with E-state index in [9.17, 15) is 15.0 Å². The summed E-state index contributed by atoms with van der Waals surface area (Å²) in [6.07, 6.45) is 1.33. The van der Waals surface area contributed by atoms with Gasteiger partial charge in [-0.1, -0.05) is 48.5 Å². The lowest BCUT2D eigenvalue weighted by atomic mass is 10.0. The van der Waals surface area contributed by atoms with Gasteiger partial charge in [0.1, 0.15) is 11.5 Å². The van der Waals surface area contributed by atoms with Crippen LogP contribution in [0.2, 0.25) is 0 Å². The number of nitrogens with one attached hydrogen (secondary N) is 1. The van der Waals surface area contributed by atoms with Crippen molar-refractivity contribution in [2.24, 2.45) is 5.10 Å². The van der Waals surface area contributed by atoms with E-state index in [1.807, 2.05) is 77.2 Å². The van der Waals surface area contributed by atoms with Gasteiger partial charge in [-0.15, -0.1) is 0 Å². The van der Waals surface area contributed by atoms with Crippen molar-refractivity contribution in [3.05, 3.63) is 87.5 Å². The van der Waals surface area contributed by atoms with Gasteiger partial charge in [-0.05, 0) is 40.8 Å². The molecule has 0 radical (unpaired) electrons. The van der Waals surface area contributed by atoms with Crippen molar-refractivity contribution >= 4 is 45.6 Å². The predicted octanol–water partition coefficient (Wildman–Crippen LogP) is 4.68. The van der Waals surface area contributed by atoms with E-state index in [1.165, 1.54) is 12.3 Å². The number of benzene rings is 3. The monoisotopic (exact) mass is 509 g/mol. The summed E-state index contributed by atoms with van der Waals surface area (Å²) in [5.41, 5.74) is 5.63. The van der Waals surface area contributed by atoms with Gasteiger partial charge in [0.2, 0.25) is 0 Å². The number of hydrazone groups is 1. The number of aromatic nitrogens is 1. The maximum absolute atomic E-state index is 12.9. The van der Waals surface area contributed by atoms with Crippen molar-refractivity contribution in [3.63, 3.8) is 0 Å². The molecule has 1 amide bonds. The first-order chi connectivity index (χ1) is 14.5. The number of rotatable bonds is 4. The summed E-state index contributed by atoms with van der Waals surface area (Å²) in [4.78, 5) is 17.6. The third-order valence-corrected chi connectivity index (χ3v) is 5.36. The molecule has 0 bridgehead atoms. The molecule has 3 N–H and O–H groups in total. The molecule has 0 aliphatic rings. The second-order valence-corrected chi connectivity index (χ2v) is 7.66. The second kappa shape index (κ2) is 8.50. The number of aromatic hydroxyl groups is 2. The third-order valence-electron chi connectivity index (χ3n) is 4.50. The SMILES string of the molecule is O=C(N/N=C/c1cc(I)c(O)cc1O)c1cc(-c2ccccc2)nc2ccccc12. The molecule has 1 heterocycles. The molecular formula is C23H16IN3O3. The average molecular weight is 509 g/mol. The number of pyridine rings is 1. The Balaban J connectivity index is 1.67. The molecule has 0 unspecified atom stereocenters. The molecule has 0 spiro atoms. The number of amides is 1. The Hall–Kier alpha value is -3.46. The fraction of sp³-hybridized carbons (Fsp3) is 0. The minimum Gasteiger partial charge on any atom is -0.507 e. The molecule has 0 aliphatic carbocycles. The molecule has 0 atom stereocenters. The minimum atomic E-state index is -0.394. The van der Waals surface area contributed by atoms with E-state index >= 15 is 0 Å². The van der Waals surface area contributed by atoms with Crippen LogP contribution in [0.25, 0.3) is 22.2 Å². The first-order valence-corrected chi connectivity index (χ1v) is 10.1. The number of carbonyl (C=O) groups is 1. The highest BCUT2D eigenvalue weighted by atomic mass is 127. The van der Waals surface area contributed by atoms with Crippen molar-refractivity contribution in [1.29, 1.82) is 0 Å². The largest absolute Gasteiger partial charge is 0.507 e. The van der Waals surface area contributed by atoms with E-state index in [0.29, 0.717) is 31.3 Å². The van der Waals surface area contributed by atoms with Crippen molar-refractivity contribution in [2.45, 2.75) is 0 Å². The summed E-state index contributed by atoms with van der Waals surface area (Å²) in [6.45, 7) is 0. The van der Waals surface area contributed by atoms with Crippen LogP contribution in [0.1, 0.15) is 15.9 Å². The number of nitrogens with zero attached hydrogens (tertiary/aromatic N) is 2. The molecule has 0 saturated heterocycles. The lowest BCUT2D eigenvalue weighted by Gasteiger charge is -2.09. The Morgan fingerprint density at radius 3 is 2.50 bits per heavy atom. The van der Waals surface area contributed by atoms with Gasteiger partial charge in [0.05, 0.1) is 26.6 Å². The third kappa shape index (κ3) is 4.11. The summed E-state index contributed by atoms with van der Waals surface area (Å²) < 4.78 is 0.561. The maximum Gasteiger partial charge on any atom is 0.272 e. The first-order valence-electron chi connectivity index (χ1n) is 9.03. The number of carbonyl (C=O) groups excluding carboxylic acids is 1. The van der Waals surface area contributed by atoms with Crippen LogP contribution >= 0.6 is 22.6 Å². The summed E-state index contributed by atoms with van der Waals surface area (Å²) in [7, 11) is 0. The molecule has 148 valence electrons. The number of hydrogen-bond donors (Lipinski definition) is 3. The number of phenols is 2. The topological polar surface area (TPSA) is 94.8 Å². The molecule has 0 aliphatic heterocycles. The molecule has 6 nitrogen and oxygen atoms in total. The molecule has 4 aromatic rings. The van der Waals surface area contributed by atoms with E-state index in [-0.39, 0.29) is 11.5 Å². The smallest absolute Gasteiger partial charge is 0.272 e. The quantitative estimate of drug-likeness (QED) is 0.212. The molecular weight excluding hydrogens is 493 g/mol. The maximum atomic E-state index is 12.9. The Kier molecular flexibility index (Phi) is 5.62. The minimum absolute atomic E-state index is 0.0222. The van der Waals surface area contributed by atoms with Crippen molar-refractivity contribution in [3.8, 4) is 22.8 Å². The van der Waals surface area contributed by atoms with Gasteiger partial charge in [0.15, 0.2) is 0 Å². The zero-order chi connectivity index (χ0) is 21.1. The van der Waals surface area contributed by atoms with Gasteiger partial charge < -0.3 is 10.2 Å². The highest BCUT2D eigenvalue weighted by Crippen LogP contribution is 2.27.